The first kappa shape index (κ1) is 14.7. The zero-order valence-electron chi connectivity index (χ0n) is 10.1. The van der Waals surface area contributed by atoms with Crippen LogP contribution in [0.25, 0.3) is 0 Å². The molecule has 0 fully saturated rings. The van der Waals surface area contributed by atoms with Crippen molar-refractivity contribution in [1.82, 2.24) is 4.90 Å². The average Bonchev–Trinajstić information content (AvgIpc) is 2.77. The summed E-state index contributed by atoms with van der Waals surface area (Å²) in [4.78, 5) is 15.7. The Labute approximate surface area is 131 Å². The summed E-state index contributed by atoms with van der Waals surface area (Å²) in [6.07, 6.45) is 0. The van der Waals surface area contributed by atoms with Gasteiger partial charge < -0.3 is 4.90 Å². The van der Waals surface area contributed by atoms with Crippen molar-refractivity contribution in [1.29, 1.82) is 0 Å². The molecule has 0 N–H and O–H groups in total. The summed E-state index contributed by atoms with van der Waals surface area (Å²) < 4.78 is 0.714. The van der Waals surface area contributed by atoms with Crippen LogP contribution in [0.15, 0.2) is 35.2 Å². The Kier molecular flexibility index (Phi) is 4.79. The molecule has 0 aliphatic rings. The summed E-state index contributed by atoms with van der Waals surface area (Å²) in [5.74, 6) is -0.134. The van der Waals surface area contributed by atoms with Gasteiger partial charge in [-0.1, -0.05) is 23.2 Å². The maximum absolute atomic E-state index is 12.3. The number of thiol groups is 1. The van der Waals surface area contributed by atoms with Crippen LogP contribution in [-0.4, -0.2) is 17.9 Å². The lowest BCUT2D eigenvalue weighted by molar-refractivity contribution is 0.0786. The van der Waals surface area contributed by atoms with Crippen molar-refractivity contribution in [3.8, 4) is 0 Å². The molecule has 0 saturated carbocycles. The molecule has 0 aliphatic heterocycles. The van der Waals surface area contributed by atoms with Crippen LogP contribution >= 0.6 is 47.2 Å². The second kappa shape index (κ2) is 6.18. The van der Waals surface area contributed by atoms with E-state index in [1.807, 2.05) is 12.1 Å². The van der Waals surface area contributed by atoms with E-state index in [-0.39, 0.29) is 5.91 Å². The summed E-state index contributed by atoms with van der Waals surface area (Å²) in [5.41, 5.74) is 0.458. The van der Waals surface area contributed by atoms with E-state index in [9.17, 15) is 4.79 Å². The minimum atomic E-state index is -0.134. The lowest BCUT2D eigenvalue weighted by Crippen LogP contribution is -2.26. The molecule has 100 valence electrons. The molecule has 0 unspecified atom stereocenters. The fraction of sp³-hybridized carbons (Fsp3) is 0.154. The van der Waals surface area contributed by atoms with E-state index >= 15 is 0 Å². The molecule has 6 heteroatoms. The topological polar surface area (TPSA) is 20.3 Å². The molecule has 0 aliphatic carbocycles. The minimum absolute atomic E-state index is 0.134. The fourth-order valence-corrected chi connectivity index (χ4v) is 3.17. The maximum Gasteiger partial charge on any atom is 0.255 e. The van der Waals surface area contributed by atoms with Crippen LogP contribution < -0.4 is 0 Å². The summed E-state index contributed by atoms with van der Waals surface area (Å²) in [6.45, 7) is 0.503. The van der Waals surface area contributed by atoms with Gasteiger partial charge in [0, 0.05) is 16.8 Å². The Morgan fingerprint density at radius 3 is 2.68 bits per heavy atom. The van der Waals surface area contributed by atoms with Gasteiger partial charge in [0.15, 0.2) is 0 Å². The van der Waals surface area contributed by atoms with E-state index in [0.29, 0.717) is 26.4 Å². The highest BCUT2D eigenvalue weighted by Gasteiger charge is 2.16. The van der Waals surface area contributed by atoms with Gasteiger partial charge in [-0.25, -0.2) is 0 Å². The highest BCUT2D eigenvalue weighted by molar-refractivity contribution is 7.80. The number of carbonyl (C=O) groups excluding carboxylic acids is 1. The lowest BCUT2D eigenvalue weighted by atomic mass is 10.2. The number of halogens is 2. The molecule has 0 bridgehead atoms. The minimum Gasteiger partial charge on any atom is -0.337 e. The van der Waals surface area contributed by atoms with Crippen molar-refractivity contribution in [3.05, 3.63) is 50.1 Å². The Morgan fingerprint density at radius 1 is 1.32 bits per heavy atom. The van der Waals surface area contributed by atoms with Gasteiger partial charge in [0.25, 0.3) is 5.91 Å². The van der Waals surface area contributed by atoms with Crippen LogP contribution in [0.5, 0.6) is 0 Å². The quantitative estimate of drug-likeness (QED) is 0.814. The molecular formula is C13H11Cl2NOS2. The Hall–Kier alpha value is -0.680. The van der Waals surface area contributed by atoms with Crippen molar-refractivity contribution >= 4 is 53.1 Å². The SMILES string of the molecule is CN(Cc1ccc(Cl)s1)C(=O)c1cc(S)ccc1Cl. The maximum atomic E-state index is 12.3. The first-order valence-electron chi connectivity index (χ1n) is 5.45. The zero-order valence-corrected chi connectivity index (χ0v) is 13.3. The largest absolute Gasteiger partial charge is 0.337 e. The molecule has 1 aromatic carbocycles. The van der Waals surface area contributed by atoms with Gasteiger partial charge in [-0.3, -0.25) is 4.79 Å². The number of carbonyl (C=O) groups is 1. The molecule has 0 atom stereocenters. The van der Waals surface area contributed by atoms with Gasteiger partial charge >= 0.3 is 0 Å². The monoisotopic (exact) mass is 331 g/mol. The highest BCUT2D eigenvalue weighted by Crippen LogP contribution is 2.24. The third kappa shape index (κ3) is 3.66. The van der Waals surface area contributed by atoms with Gasteiger partial charge in [0.05, 0.1) is 21.5 Å². The number of hydrogen-bond acceptors (Lipinski definition) is 3. The van der Waals surface area contributed by atoms with Crippen LogP contribution in [0.1, 0.15) is 15.2 Å². The molecule has 1 amide bonds. The molecule has 2 nitrogen and oxygen atoms in total. The van der Waals surface area contributed by atoms with Gasteiger partial charge in [-0.15, -0.1) is 24.0 Å². The van der Waals surface area contributed by atoms with Crippen molar-refractivity contribution in [3.63, 3.8) is 0 Å². The van der Waals surface area contributed by atoms with E-state index in [2.05, 4.69) is 12.6 Å². The van der Waals surface area contributed by atoms with E-state index in [4.69, 9.17) is 23.2 Å². The molecule has 1 aromatic heterocycles. The van der Waals surface area contributed by atoms with Crippen molar-refractivity contribution in [2.45, 2.75) is 11.4 Å². The smallest absolute Gasteiger partial charge is 0.255 e. The summed E-state index contributed by atoms with van der Waals surface area (Å²) in [5, 5.41) is 0.430. The van der Waals surface area contributed by atoms with Gasteiger partial charge in [0.1, 0.15) is 0 Å². The first-order valence-corrected chi connectivity index (χ1v) is 7.47. The van der Waals surface area contributed by atoms with E-state index in [1.165, 1.54) is 11.3 Å². The molecule has 2 aromatic rings. The van der Waals surface area contributed by atoms with Crippen molar-refractivity contribution in [2.24, 2.45) is 0 Å². The number of nitrogens with zero attached hydrogens (tertiary/aromatic N) is 1. The molecule has 0 radical (unpaired) electrons. The zero-order chi connectivity index (χ0) is 14.0. The van der Waals surface area contributed by atoms with Crippen LogP contribution in [0.4, 0.5) is 0 Å². The number of thiophene rings is 1. The lowest BCUT2D eigenvalue weighted by Gasteiger charge is -2.17. The molecule has 1 heterocycles. The number of benzene rings is 1. The third-order valence-electron chi connectivity index (χ3n) is 2.55. The fourth-order valence-electron chi connectivity index (χ4n) is 1.63. The van der Waals surface area contributed by atoms with Gasteiger partial charge in [-0.05, 0) is 30.3 Å². The predicted molar refractivity (Wildman–Crippen MR) is 83.8 cm³/mol. The first-order chi connectivity index (χ1) is 8.97. The van der Waals surface area contributed by atoms with Crippen LogP contribution in [0.2, 0.25) is 9.36 Å². The van der Waals surface area contributed by atoms with Crippen molar-refractivity contribution in [2.75, 3.05) is 7.05 Å². The standard InChI is InChI=1S/C13H11Cl2NOS2/c1-16(7-9-3-5-12(15)19-9)13(17)10-6-8(18)2-4-11(10)14/h2-6,18H,7H2,1H3. The predicted octanol–water partition coefficient (Wildman–Crippen LogP) is 4.62. The third-order valence-corrected chi connectivity index (χ3v) is 4.37. The molecule has 2 rings (SSSR count). The molecule has 19 heavy (non-hydrogen) atoms. The summed E-state index contributed by atoms with van der Waals surface area (Å²) in [7, 11) is 1.73. The average molecular weight is 332 g/mol. The van der Waals surface area contributed by atoms with Gasteiger partial charge in [0.2, 0.25) is 0 Å². The number of amides is 1. The van der Waals surface area contributed by atoms with Crippen molar-refractivity contribution < 1.29 is 4.79 Å². The summed E-state index contributed by atoms with van der Waals surface area (Å²) >= 11 is 17.6. The Morgan fingerprint density at radius 2 is 2.05 bits per heavy atom. The number of rotatable bonds is 3. The van der Waals surface area contributed by atoms with E-state index < -0.39 is 0 Å². The molecular weight excluding hydrogens is 321 g/mol. The van der Waals surface area contributed by atoms with Crippen LogP contribution in [-0.2, 0) is 6.54 Å². The molecule has 0 saturated heterocycles. The number of hydrogen-bond donors (Lipinski definition) is 1. The normalized spacial score (nSPS) is 10.5. The molecule has 0 spiro atoms. The second-order valence-corrected chi connectivity index (χ2v) is 6.75. The second-order valence-electron chi connectivity index (χ2n) is 4.03. The van der Waals surface area contributed by atoms with Crippen LogP contribution in [0.3, 0.4) is 0 Å². The Balaban J connectivity index is 2.16. The van der Waals surface area contributed by atoms with Crippen LogP contribution in [0, 0.1) is 0 Å². The van der Waals surface area contributed by atoms with E-state index in [1.54, 1.807) is 30.1 Å². The highest BCUT2D eigenvalue weighted by atomic mass is 35.5. The Bertz CT molecular complexity index is 612. The van der Waals surface area contributed by atoms with Gasteiger partial charge in [-0.2, -0.15) is 0 Å². The van der Waals surface area contributed by atoms with E-state index in [0.717, 1.165) is 4.88 Å². The summed E-state index contributed by atoms with van der Waals surface area (Å²) in [6, 6.07) is 8.83.